The van der Waals surface area contributed by atoms with Crippen molar-refractivity contribution in [1.29, 1.82) is 0 Å². The van der Waals surface area contributed by atoms with E-state index in [1.54, 1.807) is 6.20 Å². The van der Waals surface area contributed by atoms with E-state index in [0.717, 1.165) is 68.6 Å². The normalized spacial score (nSPS) is 26.1. The molecule has 1 aliphatic heterocycles. The Bertz CT molecular complexity index is 879. The largest absolute Gasteiger partial charge is 0.478 e. The van der Waals surface area contributed by atoms with Crippen LogP contribution in [-0.4, -0.2) is 39.5 Å². The molecular weight excluding hydrogens is 370 g/mol. The van der Waals surface area contributed by atoms with Gasteiger partial charge in [-0.3, -0.25) is 5.10 Å². The van der Waals surface area contributed by atoms with Gasteiger partial charge < -0.3 is 20.1 Å². The monoisotopic (exact) mass is 397 g/mol. The van der Waals surface area contributed by atoms with E-state index in [4.69, 9.17) is 9.47 Å². The molecule has 3 aliphatic rings. The summed E-state index contributed by atoms with van der Waals surface area (Å²) >= 11 is 0. The number of aromatic nitrogens is 3. The molecule has 8 nitrogen and oxygen atoms in total. The zero-order valence-electron chi connectivity index (χ0n) is 16.4. The number of nitrogens with one attached hydrogen (secondary N) is 3. The van der Waals surface area contributed by atoms with Crippen molar-refractivity contribution >= 4 is 17.6 Å². The Balaban J connectivity index is 1.36. The summed E-state index contributed by atoms with van der Waals surface area (Å²) in [6.45, 7) is 0.561. The molecule has 2 fully saturated rings. The molecule has 2 aromatic rings. The molecule has 5 rings (SSSR count). The number of H-pyrrole nitrogens is 1. The Hall–Kier alpha value is -2.77. The number of alkyl carbamates (subject to hydrolysis) is 1. The van der Waals surface area contributed by atoms with E-state index >= 15 is 0 Å². The molecule has 0 aromatic carbocycles. The SMILES string of the molecule is O=C1NC2(CCCOc3cc(ccn3)Nc3cc([nH]n3)[C@H]3CC[C@H](C3)O1)CCC2. The van der Waals surface area contributed by atoms with Gasteiger partial charge in [0.2, 0.25) is 5.88 Å². The highest BCUT2D eigenvalue weighted by Crippen LogP contribution is 2.38. The van der Waals surface area contributed by atoms with Gasteiger partial charge in [-0.1, -0.05) is 0 Å². The minimum absolute atomic E-state index is 0.0400. The molecule has 3 heterocycles. The lowest BCUT2D eigenvalue weighted by molar-refractivity contribution is 0.0733. The summed E-state index contributed by atoms with van der Waals surface area (Å²) in [4.78, 5) is 16.8. The van der Waals surface area contributed by atoms with Gasteiger partial charge in [0.15, 0.2) is 5.82 Å². The number of aromatic amines is 1. The number of hydrogen-bond donors (Lipinski definition) is 3. The summed E-state index contributed by atoms with van der Waals surface area (Å²) in [6.07, 6.45) is 9.01. The first-order chi connectivity index (χ1) is 14.2. The second-order valence-electron chi connectivity index (χ2n) is 8.46. The van der Waals surface area contributed by atoms with Crippen molar-refractivity contribution < 1.29 is 14.3 Å². The third-order valence-electron chi connectivity index (χ3n) is 6.43. The van der Waals surface area contributed by atoms with Gasteiger partial charge in [0, 0.05) is 41.2 Å². The van der Waals surface area contributed by atoms with Crippen LogP contribution in [0.15, 0.2) is 24.4 Å². The van der Waals surface area contributed by atoms with E-state index in [1.807, 2.05) is 18.2 Å². The highest BCUT2D eigenvalue weighted by atomic mass is 16.6. The number of anilines is 2. The maximum absolute atomic E-state index is 12.5. The molecule has 6 bridgehead atoms. The highest BCUT2D eigenvalue weighted by Gasteiger charge is 2.39. The summed E-state index contributed by atoms with van der Waals surface area (Å²) in [7, 11) is 0. The van der Waals surface area contributed by atoms with Crippen LogP contribution in [0.2, 0.25) is 0 Å². The zero-order chi connectivity index (χ0) is 19.7. The summed E-state index contributed by atoms with van der Waals surface area (Å²) in [5, 5.41) is 14.0. The van der Waals surface area contributed by atoms with E-state index in [2.05, 4.69) is 25.8 Å². The fourth-order valence-electron chi connectivity index (χ4n) is 4.68. The van der Waals surface area contributed by atoms with Crippen LogP contribution in [0.25, 0.3) is 0 Å². The van der Waals surface area contributed by atoms with Gasteiger partial charge in [0.1, 0.15) is 6.10 Å². The minimum atomic E-state index is -0.279. The van der Waals surface area contributed by atoms with Gasteiger partial charge in [0.25, 0.3) is 0 Å². The first kappa shape index (κ1) is 18.3. The van der Waals surface area contributed by atoms with Crippen LogP contribution in [0.4, 0.5) is 16.3 Å². The van der Waals surface area contributed by atoms with Crippen LogP contribution >= 0.6 is 0 Å². The van der Waals surface area contributed by atoms with Gasteiger partial charge in [-0.2, -0.15) is 5.10 Å². The molecule has 154 valence electrons. The van der Waals surface area contributed by atoms with Crippen molar-refractivity contribution in [2.45, 2.75) is 68.9 Å². The standard InChI is InChI=1S/C21H27N5O3/c27-20-24-21(6-1-7-21)8-2-10-28-19-12-15(5-9-22-19)23-18-13-17(25-26-18)14-3-4-16(11-14)29-20/h5,9,12-14,16H,1-4,6-8,10-11H2,(H,24,27)(H2,23,25,26)/t14-,16+/m0/s1. The first-order valence-corrected chi connectivity index (χ1v) is 10.6. The Morgan fingerprint density at radius 1 is 1.14 bits per heavy atom. The summed E-state index contributed by atoms with van der Waals surface area (Å²) in [5.74, 6) is 1.66. The maximum atomic E-state index is 12.5. The lowest BCUT2D eigenvalue weighted by atomic mass is 9.74. The van der Waals surface area contributed by atoms with Crippen molar-refractivity contribution in [3.63, 3.8) is 0 Å². The van der Waals surface area contributed by atoms with Gasteiger partial charge in [0.05, 0.1) is 6.61 Å². The summed E-state index contributed by atoms with van der Waals surface area (Å²) in [6, 6.07) is 5.82. The lowest BCUT2D eigenvalue weighted by Gasteiger charge is -2.42. The Kier molecular flexibility index (Phi) is 4.77. The minimum Gasteiger partial charge on any atom is -0.478 e. The number of carbonyl (C=O) groups excluding carboxylic acids is 1. The quantitative estimate of drug-likeness (QED) is 0.621. The van der Waals surface area contributed by atoms with E-state index in [1.165, 1.54) is 0 Å². The van der Waals surface area contributed by atoms with Gasteiger partial charge in [-0.15, -0.1) is 0 Å². The Labute approximate surface area is 169 Å². The molecule has 0 saturated heterocycles. The predicted octanol–water partition coefficient (Wildman–Crippen LogP) is 4.01. The number of amides is 1. The number of nitrogens with zero attached hydrogens (tertiary/aromatic N) is 2. The molecule has 3 N–H and O–H groups in total. The predicted molar refractivity (Wildman–Crippen MR) is 107 cm³/mol. The molecule has 0 radical (unpaired) electrons. The number of pyridine rings is 1. The number of rotatable bonds is 0. The number of hydrogen-bond acceptors (Lipinski definition) is 6. The molecule has 2 saturated carbocycles. The molecule has 2 aliphatic carbocycles. The van der Waals surface area contributed by atoms with Crippen molar-refractivity contribution in [2.24, 2.45) is 0 Å². The smallest absolute Gasteiger partial charge is 0.407 e. The average molecular weight is 397 g/mol. The van der Waals surface area contributed by atoms with E-state index < -0.39 is 0 Å². The summed E-state index contributed by atoms with van der Waals surface area (Å²) in [5.41, 5.74) is 1.82. The van der Waals surface area contributed by atoms with E-state index in [9.17, 15) is 4.79 Å². The topological polar surface area (TPSA) is 101 Å². The van der Waals surface area contributed by atoms with Crippen molar-refractivity contribution in [1.82, 2.24) is 20.5 Å². The van der Waals surface area contributed by atoms with Crippen LogP contribution in [-0.2, 0) is 4.74 Å². The second-order valence-corrected chi connectivity index (χ2v) is 8.46. The Morgan fingerprint density at radius 3 is 2.90 bits per heavy atom. The molecular formula is C21H27N5O3. The lowest BCUT2D eigenvalue weighted by Crippen LogP contribution is -2.54. The van der Waals surface area contributed by atoms with Gasteiger partial charge >= 0.3 is 6.09 Å². The van der Waals surface area contributed by atoms with Crippen LogP contribution in [0.1, 0.15) is 63.0 Å². The Morgan fingerprint density at radius 2 is 2.03 bits per heavy atom. The molecule has 1 spiro atoms. The van der Waals surface area contributed by atoms with Crippen molar-refractivity contribution in [2.75, 3.05) is 11.9 Å². The first-order valence-electron chi connectivity index (χ1n) is 10.6. The molecule has 1 amide bonds. The fourth-order valence-corrected chi connectivity index (χ4v) is 4.68. The molecule has 2 atom stereocenters. The van der Waals surface area contributed by atoms with Crippen LogP contribution in [0, 0.1) is 0 Å². The van der Waals surface area contributed by atoms with Crippen molar-refractivity contribution in [3.05, 3.63) is 30.1 Å². The molecule has 2 aromatic heterocycles. The third-order valence-corrected chi connectivity index (χ3v) is 6.43. The average Bonchev–Trinajstić information content (AvgIpc) is 3.32. The van der Waals surface area contributed by atoms with E-state index in [-0.39, 0.29) is 17.7 Å². The van der Waals surface area contributed by atoms with Crippen LogP contribution in [0.3, 0.4) is 0 Å². The fraction of sp³-hybridized carbons (Fsp3) is 0.571. The van der Waals surface area contributed by atoms with Crippen molar-refractivity contribution in [3.8, 4) is 5.88 Å². The van der Waals surface area contributed by atoms with Crippen LogP contribution in [0.5, 0.6) is 5.88 Å². The highest BCUT2D eigenvalue weighted by molar-refractivity contribution is 5.68. The van der Waals surface area contributed by atoms with Crippen LogP contribution < -0.4 is 15.4 Å². The summed E-state index contributed by atoms with van der Waals surface area (Å²) < 4.78 is 11.6. The van der Waals surface area contributed by atoms with Gasteiger partial charge in [-0.25, -0.2) is 9.78 Å². The molecule has 29 heavy (non-hydrogen) atoms. The number of fused-ring (bicyclic) bond motifs is 7. The number of ether oxygens (including phenoxy) is 2. The molecule has 0 unspecified atom stereocenters. The third kappa shape index (κ3) is 4.02. The number of carbonyl (C=O) groups is 1. The molecule has 8 heteroatoms. The second kappa shape index (κ2) is 7.57. The maximum Gasteiger partial charge on any atom is 0.407 e. The van der Waals surface area contributed by atoms with Gasteiger partial charge in [-0.05, 0) is 57.4 Å². The van der Waals surface area contributed by atoms with E-state index in [0.29, 0.717) is 18.4 Å². The zero-order valence-corrected chi connectivity index (χ0v) is 16.4.